The molecule has 1 N–H and O–H groups in total. The molecule has 1 heterocycles. The van der Waals surface area contributed by atoms with Gasteiger partial charge in [0.1, 0.15) is 0 Å². The van der Waals surface area contributed by atoms with Gasteiger partial charge < -0.3 is 14.2 Å². The van der Waals surface area contributed by atoms with Crippen LogP contribution in [0.5, 0.6) is 17.4 Å². The molecule has 6 nitrogen and oxygen atoms in total. The quantitative estimate of drug-likeness (QED) is 0.409. The van der Waals surface area contributed by atoms with Crippen LogP contribution < -0.4 is 14.2 Å². The Balaban J connectivity index is 1.76. The molecular formula is C18H24N2O4. The molecule has 0 saturated carbocycles. The van der Waals surface area contributed by atoms with Gasteiger partial charge in [0.25, 0.3) is 0 Å². The van der Waals surface area contributed by atoms with Crippen LogP contribution >= 0.6 is 0 Å². The lowest BCUT2D eigenvalue weighted by atomic mass is 10.1. The highest BCUT2D eigenvalue weighted by Crippen LogP contribution is 2.27. The van der Waals surface area contributed by atoms with Crippen molar-refractivity contribution in [3.63, 3.8) is 0 Å². The Kier molecular flexibility index (Phi) is 7.14. The number of rotatable bonds is 10. The number of H-pyrrole nitrogens is 1. The van der Waals surface area contributed by atoms with Crippen molar-refractivity contribution >= 4 is 5.97 Å². The van der Waals surface area contributed by atoms with Gasteiger partial charge in [-0.25, -0.2) is 5.10 Å². The highest BCUT2D eigenvalue weighted by atomic mass is 16.6. The largest absolute Gasteiger partial charge is 0.490 e. The molecule has 0 aliphatic carbocycles. The maximum absolute atomic E-state index is 11.4. The summed E-state index contributed by atoms with van der Waals surface area (Å²) in [6, 6.07) is 7.22. The van der Waals surface area contributed by atoms with E-state index < -0.39 is 0 Å². The van der Waals surface area contributed by atoms with E-state index >= 15 is 0 Å². The molecule has 24 heavy (non-hydrogen) atoms. The second kappa shape index (κ2) is 9.60. The van der Waals surface area contributed by atoms with E-state index in [0.29, 0.717) is 31.1 Å². The van der Waals surface area contributed by atoms with Gasteiger partial charge in [0.2, 0.25) is 5.88 Å². The predicted octanol–water partition coefficient (Wildman–Crippen LogP) is 3.53. The Hall–Kier alpha value is -2.50. The number of hydrogen-bond acceptors (Lipinski definition) is 5. The van der Waals surface area contributed by atoms with Gasteiger partial charge in [-0.2, -0.15) is 5.10 Å². The second-order valence-electron chi connectivity index (χ2n) is 5.24. The van der Waals surface area contributed by atoms with E-state index in [0.717, 1.165) is 30.7 Å². The molecule has 1 aromatic heterocycles. The fourth-order valence-electron chi connectivity index (χ4n) is 2.19. The summed E-state index contributed by atoms with van der Waals surface area (Å²) in [5.74, 6) is 1.54. The van der Waals surface area contributed by atoms with Crippen LogP contribution in [-0.4, -0.2) is 29.4 Å². The van der Waals surface area contributed by atoms with Crippen LogP contribution in [0.3, 0.4) is 0 Å². The van der Waals surface area contributed by atoms with Crippen LogP contribution in [0.4, 0.5) is 0 Å². The SMILES string of the molecule is CCOc1[nH]ncc1CCCCOc1ccccc1OC(=O)CC. The second-order valence-corrected chi connectivity index (χ2v) is 5.24. The normalized spacial score (nSPS) is 10.4. The molecule has 0 atom stereocenters. The molecule has 2 aromatic rings. The van der Waals surface area contributed by atoms with Gasteiger partial charge in [-0.15, -0.1) is 0 Å². The molecule has 0 bridgehead atoms. The first-order valence-corrected chi connectivity index (χ1v) is 8.32. The van der Waals surface area contributed by atoms with Crippen molar-refractivity contribution < 1.29 is 19.0 Å². The molecule has 6 heteroatoms. The fraction of sp³-hybridized carbons (Fsp3) is 0.444. The van der Waals surface area contributed by atoms with E-state index in [9.17, 15) is 4.79 Å². The van der Waals surface area contributed by atoms with Crippen molar-refractivity contribution in [3.8, 4) is 17.4 Å². The molecule has 0 radical (unpaired) electrons. The van der Waals surface area contributed by atoms with Crippen LogP contribution in [0.15, 0.2) is 30.5 Å². The summed E-state index contributed by atoms with van der Waals surface area (Å²) in [5.41, 5.74) is 1.08. The molecule has 0 aliphatic heterocycles. The number of esters is 1. The molecule has 2 rings (SSSR count). The van der Waals surface area contributed by atoms with Gasteiger partial charge in [-0.3, -0.25) is 4.79 Å². The zero-order chi connectivity index (χ0) is 17.2. The highest BCUT2D eigenvalue weighted by Gasteiger charge is 2.09. The number of ether oxygens (including phenoxy) is 3. The summed E-state index contributed by atoms with van der Waals surface area (Å²) in [7, 11) is 0. The number of hydrogen-bond donors (Lipinski definition) is 1. The predicted molar refractivity (Wildman–Crippen MR) is 90.6 cm³/mol. The van der Waals surface area contributed by atoms with Crippen LogP contribution in [-0.2, 0) is 11.2 Å². The smallest absolute Gasteiger partial charge is 0.311 e. The van der Waals surface area contributed by atoms with E-state index in [4.69, 9.17) is 14.2 Å². The summed E-state index contributed by atoms with van der Waals surface area (Å²) in [6.45, 7) is 4.88. The molecule has 0 fully saturated rings. The molecule has 0 amide bonds. The number of carbonyl (C=O) groups is 1. The van der Waals surface area contributed by atoms with Crippen molar-refractivity contribution in [2.45, 2.75) is 39.5 Å². The van der Waals surface area contributed by atoms with E-state index in [1.807, 2.05) is 25.1 Å². The van der Waals surface area contributed by atoms with E-state index in [-0.39, 0.29) is 5.97 Å². The monoisotopic (exact) mass is 332 g/mol. The maximum atomic E-state index is 11.4. The van der Waals surface area contributed by atoms with Gasteiger partial charge in [0.15, 0.2) is 11.5 Å². The van der Waals surface area contributed by atoms with Gasteiger partial charge in [-0.05, 0) is 38.3 Å². The van der Waals surface area contributed by atoms with Crippen molar-refractivity contribution in [1.82, 2.24) is 10.2 Å². The van der Waals surface area contributed by atoms with Crippen molar-refractivity contribution in [2.75, 3.05) is 13.2 Å². The lowest BCUT2D eigenvalue weighted by Gasteiger charge is -2.11. The van der Waals surface area contributed by atoms with E-state index in [1.165, 1.54) is 0 Å². The molecule has 1 aromatic carbocycles. The minimum absolute atomic E-state index is 0.269. The Morgan fingerprint density at radius 2 is 1.92 bits per heavy atom. The third-order valence-electron chi connectivity index (χ3n) is 3.43. The number of nitrogens with zero attached hydrogens (tertiary/aromatic N) is 1. The number of aromatic nitrogens is 2. The summed E-state index contributed by atoms with van der Waals surface area (Å²) in [5, 5.41) is 6.86. The van der Waals surface area contributed by atoms with Crippen LogP contribution in [0.2, 0.25) is 0 Å². The Morgan fingerprint density at radius 1 is 1.12 bits per heavy atom. The Morgan fingerprint density at radius 3 is 2.67 bits per heavy atom. The third-order valence-corrected chi connectivity index (χ3v) is 3.43. The third kappa shape index (κ3) is 5.30. The van der Waals surface area contributed by atoms with Crippen LogP contribution in [0.25, 0.3) is 0 Å². The number of aryl methyl sites for hydroxylation is 1. The summed E-state index contributed by atoms with van der Waals surface area (Å²) in [4.78, 5) is 11.4. The standard InChI is InChI=1S/C18H24N2O4/c1-3-17(21)24-16-11-6-5-10-15(16)23-12-8-7-9-14-13-19-20-18(14)22-4-2/h5-6,10-11,13H,3-4,7-9,12H2,1-2H3,(H,19,20). The first-order chi connectivity index (χ1) is 11.7. The molecule has 0 unspecified atom stereocenters. The molecule has 0 aliphatic rings. The maximum Gasteiger partial charge on any atom is 0.311 e. The van der Waals surface area contributed by atoms with E-state index in [1.54, 1.807) is 19.2 Å². The zero-order valence-corrected chi connectivity index (χ0v) is 14.2. The number of para-hydroxylation sites is 2. The number of nitrogens with one attached hydrogen (secondary N) is 1. The Labute approximate surface area is 142 Å². The molecule has 0 spiro atoms. The minimum Gasteiger partial charge on any atom is -0.490 e. The summed E-state index contributed by atoms with van der Waals surface area (Å²) < 4.78 is 16.5. The number of unbranched alkanes of at least 4 members (excludes halogenated alkanes) is 1. The number of aromatic amines is 1. The fourth-order valence-corrected chi connectivity index (χ4v) is 2.19. The van der Waals surface area contributed by atoms with Crippen molar-refractivity contribution in [1.29, 1.82) is 0 Å². The van der Waals surface area contributed by atoms with Crippen LogP contribution in [0, 0.1) is 0 Å². The lowest BCUT2D eigenvalue weighted by Crippen LogP contribution is -2.07. The average Bonchev–Trinajstić information content (AvgIpc) is 3.03. The number of carbonyl (C=O) groups excluding carboxylic acids is 1. The van der Waals surface area contributed by atoms with Crippen molar-refractivity contribution in [3.05, 3.63) is 36.0 Å². The first kappa shape index (κ1) is 17.8. The van der Waals surface area contributed by atoms with Gasteiger partial charge in [-0.1, -0.05) is 19.1 Å². The molecular weight excluding hydrogens is 308 g/mol. The average molecular weight is 332 g/mol. The van der Waals surface area contributed by atoms with Crippen molar-refractivity contribution in [2.24, 2.45) is 0 Å². The lowest BCUT2D eigenvalue weighted by molar-refractivity contribution is -0.134. The summed E-state index contributed by atoms with van der Waals surface area (Å²) >= 11 is 0. The first-order valence-electron chi connectivity index (χ1n) is 8.32. The number of benzene rings is 1. The van der Waals surface area contributed by atoms with Gasteiger partial charge in [0, 0.05) is 12.0 Å². The Bertz CT molecular complexity index is 639. The zero-order valence-electron chi connectivity index (χ0n) is 14.2. The molecule has 0 saturated heterocycles. The minimum atomic E-state index is -0.269. The topological polar surface area (TPSA) is 73.4 Å². The van der Waals surface area contributed by atoms with Gasteiger partial charge >= 0.3 is 5.97 Å². The van der Waals surface area contributed by atoms with Gasteiger partial charge in [0.05, 0.1) is 19.4 Å². The summed E-state index contributed by atoms with van der Waals surface area (Å²) in [6.07, 6.45) is 4.84. The highest BCUT2D eigenvalue weighted by molar-refractivity contribution is 5.72. The molecule has 130 valence electrons. The van der Waals surface area contributed by atoms with Crippen LogP contribution in [0.1, 0.15) is 38.7 Å². The van der Waals surface area contributed by atoms with E-state index in [2.05, 4.69) is 10.2 Å².